The van der Waals surface area contributed by atoms with Gasteiger partial charge < -0.3 is 33.6 Å². The van der Waals surface area contributed by atoms with E-state index in [1.807, 2.05) is 24.3 Å². The second-order valence-corrected chi connectivity index (χ2v) is 8.33. The molecule has 3 saturated heterocycles. The molecule has 1 amide bonds. The quantitative estimate of drug-likeness (QED) is 0.561. The fourth-order valence-electron chi connectivity index (χ4n) is 4.59. The first-order chi connectivity index (χ1) is 16.8. The molecule has 0 aliphatic carbocycles. The van der Waals surface area contributed by atoms with E-state index in [2.05, 4.69) is 25.7 Å². The van der Waals surface area contributed by atoms with E-state index in [0.29, 0.717) is 32.2 Å². The SMILES string of the molecule is O=C(NC1COC2C1OCC2n1nnnc1Oc1cccc(N2CCOCC2)c1)c1ccco1. The van der Waals surface area contributed by atoms with Crippen molar-refractivity contribution in [3.8, 4) is 11.8 Å². The Balaban J connectivity index is 1.14. The number of ether oxygens (including phenoxy) is 4. The topological polar surface area (TPSA) is 126 Å². The van der Waals surface area contributed by atoms with E-state index in [9.17, 15) is 4.79 Å². The first-order valence-corrected chi connectivity index (χ1v) is 11.2. The van der Waals surface area contributed by atoms with Gasteiger partial charge in [-0.15, -0.1) is 0 Å². The summed E-state index contributed by atoms with van der Waals surface area (Å²) in [5.41, 5.74) is 1.05. The molecule has 3 aliphatic heterocycles. The Bertz CT molecular complexity index is 1130. The third-order valence-electron chi connectivity index (χ3n) is 6.27. The standard InChI is InChI=1S/C22H24N6O6/c29-21(18-5-2-8-31-18)23-16-12-32-20-17(13-33-19(16)20)28-22(24-25-26-28)34-15-4-1-3-14(11-15)27-6-9-30-10-7-27/h1-5,8,11,16-17,19-20H,6-7,9-10,12-13H2,(H,23,29). The minimum Gasteiger partial charge on any atom is -0.459 e. The van der Waals surface area contributed by atoms with Crippen LogP contribution in [0.4, 0.5) is 5.69 Å². The van der Waals surface area contributed by atoms with Gasteiger partial charge in [0.1, 0.15) is 24.0 Å². The number of hydrogen-bond donors (Lipinski definition) is 1. The average molecular weight is 468 g/mol. The minimum absolute atomic E-state index is 0.244. The minimum atomic E-state index is -0.328. The predicted molar refractivity (Wildman–Crippen MR) is 116 cm³/mol. The van der Waals surface area contributed by atoms with E-state index in [1.54, 1.807) is 16.8 Å². The van der Waals surface area contributed by atoms with Crippen molar-refractivity contribution in [2.24, 2.45) is 0 Å². The van der Waals surface area contributed by atoms with Crippen LogP contribution in [0.1, 0.15) is 16.6 Å². The molecule has 4 unspecified atom stereocenters. The van der Waals surface area contributed by atoms with Crippen molar-refractivity contribution >= 4 is 11.6 Å². The number of furan rings is 1. The number of benzene rings is 1. The summed E-state index contributed by atoms with van der Waals surface area (Å²) < 4.78 is 30.2. The summed E-state index contributed by atoms with van der Waals surface area (Å²) in [7, 11) is 0. The van der Waals surface area contributed by atoms with Gasteiger partial charge in [-0.25, -0.2) is 0 Å². The summed E-state index contributed by atoms with van der Waals surface area (Å²) in [4.78, 5) is 14.6. The molecule has 1 N–H and O–H groups in total. The normalized spacial score (nSPS) is 26.4. The molecule has 0 bridgehead atoms. The van der Waals surface area contributed by atoms with E-state index < -0.39 is 0 Å². The molecule has 34 heavy (non-hydrogen) atoms. The van der Waals surface area contributed by atoms with Crippen molar-refractivity contribution in [2.45, 2.75) is 24.3 Å². The van der Waals surface area contributed by atoms with Crippen LogP contribution in [-0.2, 0) is 14.2 Å². The molecule has 0 radical (unpaired) electrons. The summed E-state index contributed by atoms with van der Waals surface area (Å²) in [5, 5.41) is 14.9. The van der Waals surface area contributed by atoms with Crippen molar-refractivity contribution in [1.82, 2.24) is 25.5 Å². The summed E-state index contributed by atoms with van der Waals surface area (Å²) in [6.45, 7) is 3.72. The smallest absolute Gasteiger partial charge is 0.341 e. The number of rotatable bonds is 6. The number of anilines is 1. The van der Waals surface area contributed by atoms with Gasteiger partial charge in [-0.3, -0.25) is 4.79 Å². The lowest BCUT2D eigenvalue weighted by Crippen LogP contribution is -2.44. The second kappa shape index (κ2) is 9.05. The Kier molecular flexibility index (Phi) is 5.61. The molecule has 12 heteroatoms. The fraction of sp³-hybridized carbons (Fsp3) is 0.455. The van der Waals surface area contributed by atoms with Crippen LogP contribution in [0.3, 0.4) is 0 Å². The zero-order chi connectivity index (χ0) is 22.9. The maximum Gasteiger partial charge on any atom is 0.341 e. The third-order valence-corrected chi connectivity index (χ3v) is 6.27. The van der Waals surface area contributed by atoms with Crippen LogP contribution in [0.25, 0.3) is 0 Å². The van der Waals surface area contributed by atoms with E-state index >= 15 is 0 Å². The van der Waals surface area contributed by atoms with Crippen LogP contribution in [0.15, 0.2) is 47.1 Å². The van der Waals surface area contributed by atoms with E-state index in [4.69, 9.17) is 23.4 Å². The summed E-state index contributed by atoms with van der Waals surface area (Å²) in [6, 6.07) is 10.7. The molecule has 0 saturated carbocycles. The van der Waals surface area contributed by atoms with Crippen molar-refractivity contribution in [2.75, 3.05) is 44.4 Å². The Morgan fingerprint density at radius 1 is 1.09 bits per heavy atom. The first-order valence-electron chi connectivity index (χ1n) is 11.2. The van der Waals surface area contributed by atoms with Crippen molar-refractivity contribution < 1.29 is 28.2 Å². The lowest BCUT2D eigenvalue weighted by Gasteiger charge is -2.29. The van der Waals surface area contributed by atoms with Gasteiger partial charge in [0.25, 0.3) is 5.91 Å². The highest BCUT2D eigenvalue weighted by atomic mass is 16.6. The Hall–Kier alpha value is -3.48. The molecule has 3 aromatic rings. The van der Waals surface area contributed by atoms with E-state index in [-0.39, 0.29) is 42.0 Å². The highest BCUT2D eigenvalue weighted by Gasteiger charge is 2.50. The third kappa shape index (κ3) is 4.00. The zero-order valence-electron chi connectivity index (χ0n) is 18.3. The van der Waals surface area contributed by atoms with Gasteiger partial charge in [-0.1, -0.05) is 11.2 Å². The van der Waals surface area contributed by atoms with Crippen LogP contribution in [0, 0.1) is 0 Å². The molecule has 3 fully saturated rings. The number of nitrogens with one attached hydrogen (secondary N) is 1. The highest BCUT2D eigenvalue weighted by molar-refractivity contribution is 5.91. The zero-order valence-corrected chi connectivity index (χ0v) is 18.3. The summed E-state index contributed by atoms with van der Waals surface area (Å²) >= 11 is 0. The number of nitrogens with zero attached hydrogens (tertiary/aromatic N) is 5. The van der Waals surface area contributed by atoms with Crippen LogP contribution >= 0.6 is 0 Å². The summed E-state index contributed by atoms with van der Waals surface area (Å²) in [5.74, 6) is 0.567. The molecule has 4 atom stereocenters. The number of carbonyl (C=O) groups is 1. The van der Waals surface area contributed by atoms with Crippen LogP contribution < -0.4 is 15.0 Å². The highest BCUT2D eigenvalue weighted by Crippen LogP contribution is 2.36. The largest absolute Gasteiger partial charge is 0.459 e. The number of aromatic nitrogens is 4. The second-order valence-electron chi connectivity index (χ2n) is 8.33. The van der Waals surface area contributed by atoms with E-state index in [1.165, 1.54) is 6.26 Å². The van der Waals surface area contributed by atoms with Gasteiger partial charge in [-0.05, 0) is 34.7 Å². The summed E-state index contributed by atoms with van der Waals surface area (Å²) in [6.07, 6.45) is 0.805. The number of morpholine rings is 1. The molecular weight excluding hydrogens is 444 g/mol. The maximum atomic E-state index is 12.4. The first kappa shape index (κ1) is 21.1. The Morgan fingerprint density at radius 2 is 1.97 bits per heavy atom. The van der Waals surface area contributed by atoms with E-state index in [0.717, 1.165) is 18.8 Å². The molecule has 1 aromatic carbocycles. The van der Waals surface area contributed by atoms with Crippen molar-refractivity contribution in [1.29, 1.82) is 0 Å². The van der Waals surface area contributed by atoms with Crippen LogP contribution in [0.2, 0.25) is 0 Å². The van der Waals surface area contributed by atoms with Gasteiger partial charge in [0.15, 0.2) is 5.76 Å². The molecule has 5 heterocycles. The molecule has 2 aromatic heterocycles. The lowest BCUT2D eigenvalue weighted by molar-refractivity contribution is 0.0605. The fourth-order valence-corrected chi connectivity index (χ4v) is 4.59. The van der Waals surface area contributed by atoms with Crippen LogP contribution in [-0.4, -0.2) is 83.9 Å². The predicted octanol–water partition coefficient (Wildman–Crippen LogP) is 1.03. The van der Waals surface area contributed by atoms with Gasteiger partial charge in [0.2, 0.25) is 0 Å². The van der Waals surface area contributed by atoms with Gasteiger partial charge >= 0.3 is 6.01 Å². The number of hydrogen-bond acceptors (Lipinski definition) is 10. The van der Waals surface area contributed by atoms with Crippen molar-refractivity contribution in [3.63, 3.8) is 0 Å². The monoisotopic (exact) mass is 468 g/mol. The number of tetrazole rings is 1. The molecule has 3 aliphatic rings. The lowest BCUT2D eigenvalue weighted by atomic mass is 10.1. The van der Waals surface area contributed by atoms with Crippen LogP contribution in [0.5, 0.6) is 11.8 Å². The van der Waals surface area contributed by atoms with Gasteiger partial charge in [-0.2, -0.15) is 4.68 Å². The Labute approximate surface area is 194 Å². The van der Waals surface area contributed by atoms with Gasteiger partial charge in [0, 0.05) is 24.8 Å². The molecular formula is C22H24N6O6. The Morgan fingerprint density at radius 3 is 2.82 bits per heavy atom. The molecule has 6 rings (SSSR count). The van der Waals surface area contributed by atoms with Crippen molar-refractivity contribution in [3.05, 3.63) is 48.4 Å². The number of fused-ring (bicyclic) bond motifs is 1. The molecule has 0 spiro atoms. The average Bonchev–Trinajstić information content (AvgIpc) is 3.66. The molecule has 12 nitrogen and oxygen atoms in total. The number of carbonyl (C=O) groups excluding carboxylic acids is 1. The number of amides is 1. The maximum absolute atomic E-state index is 12.4. The van der Waals surface area contributed by atoms with Gasteiger partial charge in [0.05, 0.1) is 38.7 Å². The molecule has 178 valence electrons.